The van der Waals surface area contributed by atoms with Gasteiger partial charge < -0.3 is 4.74 Å². The van der Waals surface area contributed by atoms with Crippen molar-refractivity contribution in [2.75, 3.05) is 20.2 Å². The molecule has 0 radical (unpaired) electrons. The molecule has 0 amide bonds. The zero-order chi connectivity index (χ0) is 14.5. The highest BCUT2D eigenvalue weighted by Gasteiger charge is 2.11. The minimum Gasteiger partial charge on any atom is -0.375 e. The topological polar surface area (TPSA) is 29.5 Å². The molecule has 19 heavy (non-hydrogen) atoms. The highest BCUT2D eigenvalue weighted by Crippen LogP contribution is 2.16. The molecule has 3 nitrogen and oxygen atoms in total. The fourth-order valence-electron chi connectivity index (χ4n) is 1.70. The van der Waals surface area contributed by atoms with Gasteiger partial charge in [-0.25, -0.2) is 0 Å². The van der Waals surface area contributed by atoms with Crippen molar-refractivity contribution in [2.24, 2.45) is 0 Å². The summed E-state index contributed by atoms with van der Waals surface area (Å²) in [6, 6.07) is 5.79. The predicted octanol–water partition coefficient (Wildman–Crippen LogP) is 3.51. The molecule has 0 fully saturated rings. The van der Waals surface area contributed by atoms with Crippen LogP contribution in [0.15, 0.2) is 22.7 Å². The first-order valence-electron chi connectivity index (χ1n) is 6.38. The van der Waals surface area contributed by atoms with E-state index in [-0.39, 0.29) is 5.60 Å². The Hall–Kier alpha value is -0.710. The lowest BCUT2D eigenvalue weighted by molar-refractivity contribution is -0.0113. The van der Waals surface area contributed by atoms with E-state index in [1.54, 1.807) is 0 Å². The number of benzene rings is 1. The van der Waals surface area contributed by atoms with Gasteiger partial charge in [-0.3, -0.25) is 9.69 Å². The van der Waals surface area contributed by atoms with Crippen molar-refractivity contribution in [2.45, 2.75) is 32.9 Å². The summed E-state index contributed by atoms with van der Waals surface area (Å²) in [6.07, 6.45) is 0.902. The molecule has 0 aromatic heterocycles. The highest BCUT2D eigenvalue weighted by atomic mass is 79.9. The van der Waals surface area contributed by atoms with Gasteiger partial charge in [-0.15, -0.1) is 0 Å². The number of likely N-dealkylation sites (N-methyl/N-ethyl adjacent to an activating group) is 1. The van der Waals surface area contributed by atoms with Crippen LogP contribution in [0.1, 0.15) is 36.7 Å². The van der Waals surface area contributed by atoms with Crippen LogP contribution in [0.4, 0.5) is 0 Å². The molecule has 1 aromatic carbocycles. The van der Waals surface area contributed by atoms with E-state index < -0.39 is 0 Å². The maximum Gasteiger partial charge on any atom is 0.150 e. The molecule has 0 aliphatic carbocycles. The summed E-state index contributed by atoms with van der Waals surface area (Å²) >= 11 is 3.37. The number of ether oxygens (including phenoxy) is 1. The summed E-state index contributed by atoms with van der Waals surface area (Å²) in [5.41, 5.74) is 1.67. The fourth-order valence-corrected chi connectivity index (χ4v) is 2.08. The van der Waals surface area contributed by atoms with Gasteiger partial charge in [-0.1, -0.05) is 22.0 Å². The average Bonchev–Trinajstić information content (AvgIpc) is 2.29. The predicted molar refractivity (Wildman–Crippen MR) is 81.6 cm³/mol. The summed E-state index contributed by atoms with van der Waals surface area (Å²) in [6.45, 7) is 8.41. The van der Waals surface area contributed by atoms with Gasteiger partial charge in [-0.2, -0.15) is 0 Å². The lowest BCUT2D eigenvalue weighted by Gasteiger charge is -2.23. The number of hydrogen-bond donors (Lipinski definition) is 0. The molecule has 106 valence electrons. The standard InChI is InChI=1S/C15H22BrNO2/c1-15(2,3)19-8-7-17(4)10-12-5-6-14(16)9-13(12)11-18/h5-6,9,11H,7-8,10H2,1-4H3. The Balaban J connectivity index is 2.52. The number of rotatable bonds is 6. The molecule has 0 spiro atoms. The zero-order valence-corrected chi connectivity index (χ0v) is 13.7. The Kier molecular flexibility index (Phi) is 6.17. The Morgan fingerprint density at radius 2 is 2.05 bits per heavy atom. The van der Waals surface area contributed by atoms with Crippen LogP contribution in [-0.4, -0.2) is 37.0 Å². The molecule has 0 saturated carbocycles. The monoisotopic (exact) mass is 327 g/mol. The van der Waals surface area contributed by atoms with Crippen molar-refractivity contribution in [1.29, 1.82) is 0 Å². The lowest BCUT2D eigenvalue weighted by Crippen LogP contribution is -2.28. The van der Waals surface area contributed by atoms with Crippen LogP contribution in [0.5, 0.6) is 0 Å². The molecule has 0 heterocycles. The van der Waals surface area contributed by atoms with E-state index in [2.05, 4.69) is 20.8 Å². The smallest absolute Gasteiger partial charge is 0.150 e. The molecule has 0 bridgehead atoms. The average molecular weight is 328 g/mol. The van der Waals surface area contributed by atoms with Crippen LogP contribution in [0.2, 0.25) is 0 Å². The normalized spacial score (nSPS) is 11.9. The van der Waals surface area contributed by atoms with Gasteiger partial charge in [0.2, 0.25) is 0 Å². The first-order valence-corrected chi connectivity index (χ1v) is 7.17. The molecule has 0 atom stereocenters. The first kappa shape index (κ1) is 16.3. The molecule has 0 aliphatic rings. The van der Waals surface area contributed by atoms with Crippen molar-refractivity contribution in [1.82, 2.24) is 4.90 Å². The van der Waals surface area contributed by atoms with Crippen molar-refractivity contribution in [3.8, 4) is 0 Å². The van der Waals surface area contributed by atoms with E-state index in [0.717, 1.165) is 35.0 Å². The summed E-state index contributed by atoms with van der Waals surface area (Å²) < 4.78 is 6.62. The van der Waals surface area contributed by atoms with Gasteiger partial charge in [0.1, 0.15) is 6.29 Å². The number of halogens is 1. The second-order valence-corrected chi connectivity index (χ2v) is 6.58. The molecule has 0 aliphatic heterocycles. The third-order valence-corrected chi connectivity index (χ3v) is 3.18. The second-order valence-electron chi connectivity index (χ2n) is 5.66. The van der Waals surface area contributed by atoms with Crippen LogP contribution >= 0.6 is 15.9 Å². The third kappa shape index (κ3) is 6.32. The molecule has 0 unspecified atom stereocenters. The third-order valence-electron chi connectivity index (χ3n) is 2.68. The van der Waals surface area contributed by atoms with Crippen molar-refractivity contribution in [3.63, 3.8) is 0 Å². The first-order chi connectivity index (χ1) is 8.81. The van der Waals surface area contributed by atoms with E-state index in [1.165, 1.54) is 0 Å². The molecule has 1 aromatic rings. The van der Waals surface area contributed by atoms with E-state index in [4.69, 9.17) is 4.74 Å². The second kappa shape index (κ2) is 7.17. The van der Waals surface area contributed by atoms with Gasteiger partial charge in [-0.05, 0) is 45.5 Å². The van der Waals surface area contributed by atoms with Gasteiger partial charge in [0, 0.05) is 23.1 Å². The molecule has 4 heteroatoms. The number of hydrogen-bond acceptors (Lipinski definition) is 3. The summed E-state index contributed by atoms with van der Waals surface area (Å²) in [7, 11) is 2.03. The van der Waals surface area contributed by atoms with Gasteiger partial charge in [0.25, 0.3) is 0 Å². The van der Waals surface area contributed by atoms with Crippen LogP contribution in [-0.2, 0) is 11.3 Å². The molecular formula is C15H22BrNO2. The maximum absolute atomic E-state index is 11.0. The van der Waals surface area contributed by atoms with Crippen molar-refractivity contribution >= 4 is 22.2 Å². The quantitative estimate of drug-likeness (QED) is 0.749. The Morgan fingerprint density at radius 1 is 1.37 bits per heavy atom. The summed E-state index contributed by atoms with van der Waals surface area (Å²) in [5.74, 6) is 0. The maximum atomic E-state index is 11.0. The van der Waals surface area contributed by atoms with E-state index in [9.17, 15) is 4.79 Å². The van der Waals surface area contributed by atoms with Crippen LogP contribution in [0.25, 0.3) is 0 Å². The van der Waals surface area contributed by atoms with Crippen LogP contribution in [0.3, 0.4) is 0 Å². The number of nitrogens with zero attached hydrogens (tertiary/aromatic N) is 1. The van der Waals surface area contributed by atoms with Gasteiger partial charge >= 0.3 is 0 Å². The summed E-state index contributed by atoms with van der Waals surface area (Å²) in [5, 5.41) is 0. The van der Waals surface area contributed by atoms with Crippen LogP contribution < -0.4 is 0 Å². The number of carbonyl (C=O) groups is 1. The van der Waals surface area contributed by atoms with Crippen LogP contribution in [0, 0.1) is 0 Å². The Labute approximate surface area is 124 Å². The Bertz CT molecular complexity index is 427. The van der Waals surface area contributed by atoms with E-state index in [1.807, 2.05) is 46.0 Å². The molecular weight excluding hydrogens is 306 g/mol. The lowest BCUT2D eigenvalue weighted by atomic mass is 10.1. The molecule has 1 rings (SSSR count). The number of aldehydes is 1. The van der Waals surface area contributed by atoms with E-state index in [0.29, 0.717) is 6.61 Å². The SMILES string of the molecule is CN(CCOC(C)(C)C)Cc1ccc(Br)cc1C=O. The van der Waals surface area contributed by atoms with E-state index >= 15 is 0 Å². The largest absolute Gasteiger partial charge is 0.375 e. The van der Waals surface area contributed by atoms with Crippen molar-refractivity contribution < 1.29 is 9.53 Å². The molecule has 0 N–H and O–H groups in total. The Morgan fingerprint density at radius 3 is 2.63 bits per heavy atom. The van der Waals surface area contributed by atoms with Crippen molar-refractivity contribution in [3.05, 3.63) is 33.8 Å². The van der Waals surface area contributed by atoms with Gasteiger partial charge in [0.05, 0.1) is 12.2 Å². The minimum atomic E-state index is -0.105. The minimum absolute atomic E-state index is 0.105. The fraction of sp³-hybridized carbons (Fsp3) is 0.533. The molecule has 0 saturated heterocycles. The van der Waals surface area contributed by atoms with Gasteiger partial charge in [0.15, 0.2) is 0 Å². The zero-order valence-electron chi connectivity index (χ0n) is 12.1. The highest BCUT2D eigenvalue weighted by molar-refractivity contribution is 9.10. The summed E-state index contributed by atoms with van der Waals surface area (Å²) in [4.78, 5) is 13.2. The number of carbonyl (C=O) groups excluding carboxylic acids is 1.